The highest BCUT2D eigenvalue weighted by Crippen LogP contribution is 2.20. The van der Waals surface area contributed by atoms with Gasteiger partial charge in [-0.2, -0.15) is 0 Å². The summed E-state index contributed by atoms with van der Waals surface area (Å²) in [5, 5.41) is 4.17. The quantitative estimate of drug-likeness (QED) is 0.525. The van der Waals surface area contributed by atoms with Crippen molar-refractivity contribution >= 4 is 0 Å². The second kappa shape index (κ2) is 2.70. The first-order chi connectivity index (χ1) is 5.77. The molecule has 2 nitrogen and oxygen atoms in total. The van der Waals surface area contributed by atoms with Gasteiger partial charge in [-0.25, -0.2) is 0 Å². The minimum absolute atomic E-state index is 0.368. The molecular formula is C10H13N2+. The Morgan fingerprint density at radius 3 is 3.08 bits per heavy atom. The molecule has 1 atom stereocenters. The zero-order valence-corrected chi connectivity index (χ0v) is 7.44. The lowest BCUT2D eigenvalue weighted by atomic mass is 9.99. The molecule has 0 aliphatic carbocycles. The van der Waals surface area contributed by atoms with Gasteiger partial charge in [0.2, 0.25) is 6.04 Å². The van der Waals surface area contributed by atoms with E-state index in [9.17, 15) is 0 Å². The van der Waals surface area contributed by atoms with Gasteiger partial charge in [-0.3, -0.25) is 0 Å². The third kappa shape index (κ3) is 1.13. The van der Waals surface area contributed by atoms with Crippen molar-refractivity contribution in [2.45, 2.75) is 19.9 Å². The molecule has 0 saturated heterocycles. The van der Waals surface area contributed by atoms with Crippen LogP contribution in [-0.2, 0) is 0 Å². The van der Waals surface area contributed by atoms with Gasteiger partial charge in [-0.1, -0.05) is 18.5 Å². The summed E-state index contributed by atoms with van der Waals surface area (Å²) in [5.41, 5.74) is 1.40. The van der Waals surface area contributed by atoms with Gasteiger partial charge in [0.05, 0.1) is 6.20 Å². The molecule has 0 aromatic carbocycles. The van der Waals surface area contributed by atoms with Gasteiger partial charge in [-0.05, 0) is 22.7 Å². The molecule has 0 spiro atoms. The Hall–Kier alpha value is -1.18. The molecule has 2 aliphatic heterocycles. The topological polar surface area (TPSA) is 15.4 Å². The second-order valence-corrected chi connectivity index (χ2v) is 3.46. The maximum atomic E-state index is 4.17. The van der Waals surface area contributed by atoms with Crippen LogP contribution in [0.2, 0.25) is 0 Å². The van der Waals surface area contributed by atoms with Gasteiger partial charge in [0, 0.05) is 12.2 Å². The zero-order chi connectivity index (χ0) is 8.55. The summed E-state index contributed by atoms with van der Waals surface area (Å²) in [5.74, 6) is 0.609. The summed E-state index contributed by atoms with van der Waals surface area (Å²) in [6, 6.07) is 0.368. The van der Waals surface area contributed by atoms with Gasteiger partial charge in [-0.15, -0.1) is 0 Å². The molecule has 0 saturated carbocycles. The van der Waals surface area contributed by atoms with E-state index in [-0.39, 0.29) is 0 Å². The van der Waals surface area contributed by atoms with Gasteiger partial charge < -0.3 is 0 Å². The summed E-state index contributed by atoms with van der Waals surface area (Å²) in [6.07, 6.45) is 10.4. The van der Waals surface area contributed by atoms with E-state index in [1.165, 1.54) is 5.57 Å². The number of allylic oxidation sites excluding steroid dienone is 2. The molecule has 1 unspecified atom stereocenters. The maximum absolute atomic E-state index is 4.17. The van der Waals surface area contributed by atoms with E-state index in [1.54, 1.807) is 0 Å². The number of hydrogen-bond donors (Lipinski definition) is 0. The molecule has 12 heavy (non-hydrogen) atoms. The zero-order valence-electron chi connectivity index (χ0n) is 7.44. The summed E-state index contributed by atoms with van der Waals surface area (Å²) >= 11 is 0. The Labute approximate surface area is 72.6 Å². The number of hydrogen-bond acceptors (Lipinski definition) is 1. The van der Waals surface area contributed by atoms with Crippen LogP contribution in [0.4, 0.5) is 0 Å². The highest BCUT2D eigenvalue weighted by Gasteiger charge is 2.23. The van der Waals surface area contributed by atoms with E-state index in [0.717, 1.165) is 0 Å². The van der Waals surface area contributed by atoms with Crippen LogP contribution in [0, 0.1) is 5.92 Å². The number of fused-ring (bicyclic) bond motifs is 1. The van der Waals surface area contributed by atoms with Crippen LogP contribution in [0.15, 0.2) is 41.3 Å². The fourth-order valence-corrected chi connectivity index (χ4v) is 1.44. The van der Waals surface area contributed by atoms with E-state index in [4.69, 9.17) is 0 Å². The van der Waals surface area contributed by atoms with Crippen molar-refractivity contribution < 1.29 is 4.70 Å². The van der Waals surface area contributed by atoms with Gasteiger partial charge in [0.1, 0.15) is 0 Å². The van der Waals surface area contributed by atoms with E-state index < -0.39 is 0 Å². The minimum atomic E-state index is 0.368. The summed E-state index contributed by atoms with van der Waals surface area (Å²) in [7, 11) is 0. The first kappa shape index (κ1) is 7.47. The van der Waals surface area contributed by atoms with Crippen molar-refractivity contribution in [3.05, 3.63) is 36.2 Å². The Kier molecular flexibility index (Phi) is 1.68. The first-order valence-electron chi connectivity index (χ1n) is 4.33. The smallest absolute Gasteiger partial charge is 0.0810 e. The van der Waals surface area contributed by atoms with Crippen LogP contribution in [0.5, 0.6) is 0 Å². The maximum Gasteiger partial charge on any atom is 0.223 e. The second-order valence-electron chi connectivity index (χ2n) is 3.46. The molecule has 2 aliphatic rings. The lowest BCUT2D eigenvalue weighted by Crippen LogP contribution is -2.16. The van der Waals surface area contributed by atoms with Crippen molar-refractivity contribution in [3.8, 4) is 0 Å². The molecule has 0 amide bonds. The highest BCUT2D eigenvalue weighted by molar-refractivity contribution is 5.25. The van der Waals surface area contributed by atoms with Gasteiger partial charge in [0.25, 0.3) is 0 Å². The number of nitrogens with zero attached hydrogens (tertiary/aromatic N) is 2. The highest BCUT2D eigenvalue weighted by atomic mass is 15.3. The summed E-state index contributed by atoms with van der Waals surface area (Å²) in [6.45, 7) is 4.42. The standard InChI is InChI=1S/C10H13N2/c1-8(2)9-4-6-12-10(7-9)3-5-11-12/h3-8,10H,1-2H3/q+1. The summed E-state index contributed by atoms with van der Waals surface area (Å²) < 4.78 is 1.96. The van der Waals surface area contributed by atoms with Crippen LogP contribution in [-0.4, -0.2) is 10.7 Å². The molecule has 0 radical (unpaired) electrons. The largest absolute Gasteiger partial charge is 0.223 e. The molecule has 0 aromatic heterocycles. The van der Waals surface area contributed by atoms with Crippen molar-refractivity contribution in [1.82, 2.24) is 0 Å². The van der Waals surface area contributed by atoms with Crippen molar-refractivity contribution in [2.75, 3.05) is 0 Å². The Morgan fingerprint density at radius 2 is 2.33 bits per heavy atom. The summed E-state index contributed by atoms with van der Waals surface area (Å²) in [4.78, 5) is 0. The molecule has 0 bridgehead atoms. The first-order valence-corrected chi connectivity index (χ1v) is 4.33. The molecule has 2 rings (SSSR count). The average molecular weight is 161 g/mol. The molecule has 62 valence electrons. The Balaban J connectivity index is 2.28. The van der Waals surface area contributed by atoms with E-state index in [2.05, 4.69) is 37.2 Å². The third-order valence-corrected chi connectivity index (χ3v) is 2.24. The lowest BCUT2D eigenvalue weighted by Gasteiger charge is -2.10. The number of azo groups is 2. The predicted octanol–water partition coefficient (Wildman–Crippen LogP) is 2.46. The van der Waals surface area contributed by atoms with Crippen molar-refractivity contribution in [1.29, 1.82) is 0 Å². The molecule has 0 fully saturated rings. The molecule has 2 heteroatoms. The molecule has 0 aromatic rings. The predicted molar refractivity (Wildman–Crippen MR) is 47.7 cm³/mol. The van der Waals surface area contributed by atoms with Gasteiger partial charge >= 0.3 is 0 Å². The van der Waals surface area contributed by atoms with Crippen molar-refractivity contribution in [2.24, 2.45) is 11.0 Å². The Bertz CT molecular complexity index is 306. The Morgan fingerprint density at radius 1 is 1.50 bits per heavy atom. The average Bonchev–Trinajstić information content (AvgIpc) is 2.49. The van der Waals surface area contributed by atoms with E-state index in [0.29, 0.717) is 12.0 Å². The van der Waals surface area contributed by atoms with Crippen LogP contribution in [0.25, 0.3) is 0 Å². The fourth-order valence-electron chi connectivity index (χ4n) is 1.44. The lowest BCUT2D eigenvalue weighted by molar-refractivity contribution is -0.535. The van der Waals surface area contributed by atoms with Crippen LogP contribution >= 0.6 is 0 Å². The number of rotatable bonds is 1. The van der Waals surface area contributed by atoms with Crippen LogP contribution in [0.1, 0.15) is 13.8 Å². The molecule has 0 N–H and O–H groups in total. The van der Waals surface area contributed by atoms with Crippen LogP contribution in [0.3, 0.4) is 0 Å². The molecular weight excluding hydrogens is 148 g/mol. The fraction of sp³-hybridized carbons (Fsp3) is 0.400. The van der Waals surface area contributed by atoms with E-state index in [1.807, 2.05) is 17.1 Å². The third-order valence-electron chi connectivity index (χ3n) is 2.24. The monoisotopic (exact) mass is 161 g/mol. The SMILES string of the molecule is CC(C)C1=CC2C=CN=[N+]2C=C1. The normalized spacial score (nSPS) is 25.8. The van der Waals surface area contributed by atoms with Crippen molar-refractivity contribution in [3.63, 3.8) is 0 Å². The van der Waals surface area contributed by atoms with Gasteiger partial charge in [0.15, 0.2) is 6.20 Å². The molecule has 2 heterocycles. The van der Waals surface area contributed by atoms with Crippen LogP contribution < -0.4 is 0 Å². The minimum Gasteiger partial charge on any atom is -0.0810 e. The van der Waals surface area contributed by atoms with E-state index >= 15 is 0 Å².